The molecule has 0 aliphatic heterocycles. The van der Waals surface area contributed by atoms with E-state index in [1.165, 1.54) is 0 Å². The molecular weight excluding hydrogens is 321 g/mol. The highest BCUT2D eigenvalue weighted by Crippen LogP contribution is 2.50. The Bertz CT molecular complexity index is 184. The van der Waals surface area contributed by atoms with Crippen molar-refractivity contribution in [1.29, 1.82) is 0 Å². The van der Waals surface area contributed by atoms with E-state index in [1.54, 1.807) is 0 Å². The van der Waals surface area contributed by atoms with E-state index in [4.69, 9.17) is 69.6 Å². The predicted octanol–water partition coefficient (Wildman–Crippen LogP) is 5.96. The molecule has 0 saturated carbocycles. The van der Waals surface area contributed by atoms with Gasteiger partial charge >= 0.3 is 0 Å². The molecule has 0 aromatic heterocycles. The van der Waals surface area contributed by atoms with Crippen LogP contribution in [0.2, 0.25) is 0 Å². The summed E-state index contributed by atoms with van der Waals surface area (Å²) in [4.78, 5) is 0. The van der Waals surface area contributed by atoms with Crippen molar-refractivity contribution in [2.75, 3.05) is 0 Å². The molecule has 0 N–H and O–H groups in total. The van der Waals surface area contributed by atoms with Gasteiger partial charge in [-0.3, -0.25) is 0 Å². The minimum absolute atomic E-state index is 0.577. The molecular formula is C9H14Cl6. The van der Waals surface area contributed by atoms with Crippen LogP contribution in [0.25, 0.3) is 0 Å². The van der Waals surface area contributed by atoms with Gasteiger partial charge in [-0.2, -0.15) is 0 Å². The number of halogens is 6. The third-order valence-corrected chi connectivity index (χ3v) is 5.35. The molecule has 0 spiro atoms. The van der Waals surface area contributed by atoms with Gasteiger partial charge in [-0.15, -0.1) is 11.6 Å². The summed E-state index contributed by atoms with van der Waals surface area (Å²) in [6.45, 7) is 4.26. The molecule has 0 aromatic carbocycles. The smallest absolute Gasteiger partial charge is 0.120 e. The molecule has 92 valence electrons. The van der Waals surface area contributed by atoms with Crippen molar-refractivity contribution in [3.8, 4) is 0 Å². The molecule has 0 saturated heterocycles. The summed E-state index contributed by atoms with van der Waals surface area (Å²) >= 11 is 34.8. The Balaban J connectivity index is 4.14. The molecule has 0 heterocycles. The normalized spacial score (nSPS) is 15.8. The topological polar surface area (TPSA) is 0 Å². The molecule has 0 rings (SSSR count). The highest BCUT2D eigenvalue weighted by atomic mass is 35.6. The van der Waals surface area contributed by atoms with Gasteiger partial charge in [-0.25, -0.2) is 0 Å². The van der Waals surface area contributed by atoms with E-state index in [9.17, 15) is 0 Å². The lowest BCUT2D eigenvalue weighted by Crippen LogP contribution is -2.40. The van der Waals surface area contributed by atoms with E-state index in [2.05, 4.69) is 13.8 Å². The molecule has 0 nitrogen and oxygen atoms in total. The second-order valence-corrected chi connectivity index (χ2v) is 8.11. The van der Waals surface area contributed by atoms with Crippen molar-refractivity contribution >= 4 is 69.6 Å². The number of hydrogen-bond acceptors (Lipinski definition) is 0. The highest BCUT2D eigenvalue weighted by molar-refractivity contribution is 6.76. The lowest BCUT2D eigenvalue weighted by molar-refractivity contribution is 0.518. The van der Waals surface area contributed by atoms with Crippen molar-refractivity contribution in [2.24, 2.45) is 5.92 Å². The Morgan fingerprint density at radius 3 is 1.73 bits per heavy atom. The molecule has 0 amide bonds. The first kappa shape index (κ1) is 16.7. The van der Waals surface area contributed by atoms with Crippen LogP contribution in [0, 0.1) is 5.92 Å². The van der Waals surface area contributed by atoms with Gasteiger partial charge < -0.3 is 0 Å². The Labute approximate surface area is 121 Å². The first-order valence-electron chi connectivity index (χ1n) is 4.67. The van der Waals surface area contributed by atoms with Crippen LogP contribution in [-0.4, -0.2) is 13.5 Å². The lowest BCUT2D eigenvalue weighted by Gasteiger charge is -2.31. The SMILES string of the molecule is CC(C)CCCC(Cl)C(Cl)(Cl)C(Cl)(Cl)Cl. The summed E-state index contributed by atoms with van der Waals surface area (Å²) in [5, 5.41) is -0.577. The molecule has 1 atom stereocenters. The average Bonchev–Trinajstić information content (AvgIpc) is 2.01. The maximum atomic E-state index is 6.02. The fourth-order valence-corrected chi connectivity index (χ4v) is 2.16. The summed E-state index contributed by atoms with van der Waals surface area (Å²) in [6, 6.07) is 0. The maximum Gasteiger partial charge on any atom is 0.224 e. The second-order valence-electron chi connectivity index (χ2n) is 3.91. The predicted molar refractivity (Wildman–Crippen MR) is 73.1 cm³/mol. The van der Waals surface area contributed by atoms with Crippen molar-refractivity contribution in [1.82, 2.24) is 0 Å². The van der Waals surface area contributed by atoms with Gasteiger partial charge in [-0.05, 0) is 12.3 Å². The first-order valence-corrected chi connectivity index (χ1v) is 7.00. The van der Waals surface area contributed by atoms with Gasteiger partial charge in [0.15, 0.2) is 4.33 Å². The molecule has 15 heavy (non-hydrogen) atoms. The standard InChI is InChI=1S/C9H14Cl6/c1-6(2)4-3-5-7(10)8(11,12)9(13,14)15/h6-7H,3-5H2,1-2H3. The molecule has 0 aromatic rings. The van der Waals surface area contributed by atoms with Gasteiger partial charge in [0.1, 0.15) is 0 Å². The number of rotatable bonds is 5. The van der Waals surface area contributed by atoms with Crippen LogP contribution in [-0.2, 0) is 0 Å². The third-order valence-electron chi connectivity index (χ3n) is 2.01. The summed E-state index contributed by atoms with van der Waals surface area (Å²) < 4.78 is -3.34. The molecule has 0 bridgehead atoms. The molecule has 0 aliphatic carbocycles. The summed E-state index contributed by atoms with van der Waals surface area (Å²) in [6.07, 6.45) is 2.58. The lowest BCUT2D eigenvalue weighted by atomic mass is 10.0. The monoisotopic (exact) mass is 332 g/mol. The van der Waals surface area contributed by atoms with Crippen LogP contribution in [0.4, 0.5) is 0 Å². The van der Waals surface area contributed by atoms with Gasteiger partial charge in [0, 0.05) is 0 Å². The van der Waals surface area contributed by atoms with E-state index in [-0.39, 0.29) is 0 Å². The second kappa shape index (κ2) is 6.61. The first-order chi connectivity index (χ1) is 6.59. The summed E-state index contributed by atoms with van der Waals surface area (Å²) in [5.41, 5.74) is 0. The summed E-state index contributed by atoms with van der Waals surface area (Å²) in [5.74, 6) is 0.613. The van der Waals surface area contributed by atoms with Gasteiger partial charge in [0.25, 0.3) is 0 Å². The van der Waals surface area contributed by atoms with Gasteiger partial charge in [0.05, 0.1) is 5.38 Å². The minimum Gasteiger partial charge on any atom is -0.120 e. The Hall–Kier alpha value is 1.74. The van der Waals surface area contributed by atoms with E-state index in [1.807, 2.05) is 0 Å². The van der Waals surface area contributed by atoms with Crippen LogP contribution >= 0.6 is 69.6 Å². The number of hydrogen-bond donors (Lipinski definition) is 0. The van der Waals surface area contributed by atoms with E-state index >= 15 is 0 Å². The van der Waals surface area contributed by atoms with Crippen LogP contribution in [0.15, 0.2) is 0 Å². The maximum absolute atomic E-state index is 6.02. The van der Waals surface area contributed by atoms with Gasteiger partial charge in [0.2, 0.25) is 3.79 Å². The summed E-state index contributed by atoms with van der Waals surface area (Å²) in [7, 11) is 0. The van der Waals surface area contributed by atoms with Crippen LogP contribution in [0.1, 0.15) is 33.1 Å². The Morgan fingerprint density at radius 1 is 0.933 bits per heavy atom. The Morgan fingerprint density at radius 2 is 1.40 bits per heavy atom. The van der Waals surface area contributed by atoms with Crippen LogP contribution in [0.3, 0.4) is 0 Å². The average molecular weight is 335 g/mol. The van der Waals surface area contributed by atoms with Crippen LogP contribution < -0.4 is 0 Å². The third kappa shape index (κ3) is 5.75. The highest BCUT2D eigenvalue weighted by Gasteiger charge is 2.50. The van der Waals surface area contributed by atoms with Crippen molar-refractivity contribution in [2.45, 2.75) is 46.6 Å². The van der Waals surface area contributed by atoms with E-state index in [0.29, 0.717) is 12.3 Å². The molecule has 0 fully saturated rings. The van der Waals surface area contributed by atoms with Gasteiger partial charge in [-0.1, -0.05) is 84.7 Å². The van der Waals surface area contributed by atoms with E-state index < -0.39 is 13.5 Å². The molecule has 0 radical (unpaired) electrons. The van der Waals surface area contributed by atoms with Crippen molar-refractivity contribution < 1.29 is 0 Å². The zero-order chi connectivity index (χ0) is 12.3. The fraction of sp³-hybridized carbons (Fsp3) is 1.00. The quantitative estimate of drug-likeness (QED) is 0.544. The minimum atomic E-state index is -1.78. The van der Waals surface area contributed by atoms with Crippen LogP contribution in [0.5, 0.6) is 0 Å². The van der Waals surface area contributed by atoms with Crippen molar-refractivity contribution in [3.05, 3.63) is 0 Å². The zero-order valence-electron chi connectivity index (χ0n) is 8.54. The van der Waals surface area contributed by atoms with Crippen molar-refractivity contribution in [3.63, 3.8) is 0 Å². The molecule has 0 aliphatic rings. The fourth-order valence-electron chi connectivity index (χ4n) is 1.06. The molecule has 1 unspecified atom stereocenters. The van der Waals surface area contributed by atoms with E-state index in [0.717, 1.165) is 12.8 Å². The zero-order valence-corrected chi connectivity index (χ0v) is 13.1. The Kier molecular flexibility index (Phi) is 7.38. The molecule has 6 heteroatoms. The number of alkyl halides is 6. The largest absolute Gasteiger partial charge is 0.224 e.